The van der Waals surface area contributed by atoms with E-state index < -0.39 is 0 Å². The van der Waals surface area contributed by atoms with Gasteiger partial charge in [0.15, 0.2) is 0 Å². The minimum Gasteiger partial charge on any atom is -0.508 e. The third-order valence-electron chi connectivity index (χ3n) is 1.48. The monoisotopic (exact) mass is 255 g/mol. The average Bonchev–Trinajstić information content (AvgIpc) is 2.45. The lowest BCUT2D eigenvalue weighted by atomic mass is 10.2. The molecule has 106 valence electrons. The molecule has 0 unspecified atom stereocenters. The second kappa shape index (κ2) is 17.9. The molecule has 2 N–H and O–H groups in total. The van der Waals surface area contributed by atoms with Gasteiger partial charge in [-0.3, -0.25) is 4.79 Å². The molecule has 0 bridgehead atoms. The van der Waals surface area contributed by atoms with E-state index in [1.807, 2.05) is 41.5 Å². The molecule has 0 radical (unpaired) electrons. The first-order valence-electron chi connectivity index (χ1n) is 6.71. The van der Waals surface area contributed by atoms with E-state index >= 15 is 0 Å². The molecule has 1 amide bonds. The lowest BCUT2D eigenvalue weighted by Gasteiger charge is -2.01. The van der Waals surface area contributed by atoms with Crippen molar-refractivity contribution in [1.29, 1.82) is 0 Å². The normalized spacial score (nSPS) is 7.28. The number of phenolic OH excluding ortho intramolecular Hbond substituents is 1. The van der Waals surface area contributed by atoms with E-state index in [0.717, 1.165) is 5.56 Å². The summed E-state index contributed by atoms with van der Waals surface area (Å²) in [6.07, 6.45) is 0. The second-order valence-electron chi connectivity index (χ2n) is 2.58. The average molecular weight is 255 g/mol. The van der Waals surface area contributed by atoms with Crippen molar-refractivity contribution in [1.82, 2.24) is 5.32 Å². The van der Waals surface area contributed by atoms with Gasteiger partial charge < -0.3 is 10.4 Å². The van der Waals surface area contributed by atoms with Gasteiger partial charge in [0, 0.05) is 13.5 Å². The molecule has 0 saturated carbocycles. The van der Waals surface area contributed by atoms with Gasteiger partial charge in [-0.15, -0.1) is 0 Å². The van der Waals surface area contributed by atoms with Crippen LogP contribution in [0.3, 0.4) is 0 Å². The maximum absolute atomic E-state index is 10.5. The maximum Gasteiger partial charge on any atom is 0.217 e. The number of rotatable bonds is 2. The number of carbonyl (C=O) groups excluding carboxylic acids is 1. The van der Waals surface area contributed by atoms with Crippen LogP contribution in [0.4, 0.5) is 0 Å². The summed E-state index contributed by atoms with van der Waals surface area (Å²) >= 11 is 0. The summed E-state index contributed by atoms with van der Waals surface area (Å²) in [5.41, 5.74) is 0.975. The molecular weight excluding hydrogens is 226 g/mol. The van der Waals surface area contributed by atoms with Gasteiger partial charge >= 0.3 is 0 Å². The molecule has 1 aromatic rings. The Balaban J connectivity index is -0.000000328. The van der Waals surface area contributed by atoms with Gasteiger partial charge in [0.1, 0.15) is 5.75 Å². The number of aromatic hydroxyl groups is 1. The minimum absolute atomic E-state index is 0.0527. The number of hydrogen-bond donors (Lipinski definition) is 2. The van der Waals surface area contributed by atoms with Crippen molar-refractivity contribution in [3.05, 3.63) is 29.8 Å². The van der Waals surface area contributed by atoms with Crippen molar-refractivity contribution in [2.75, 3.05) is 0 Å². The summed E-state index contributed by atoms with van der Waals surface area (Å²) < 4.78 is 0. The number of carbonyl (C=O) groups is 1. The molecule has 0 aliphatic carbocycles. The van der Waals surface area contributed by atoms with Crippen molar-refractivity contribution in [2.24, 2.45) is 0 Å². The Kier molecular flexibility index (Phi) is 21.6. The van der Waals surface area contributed by atoms with E-state index in [4.69, 9.17) is 5.11 Å². The van der Waals surface area contributed by atoms with E-state index in [-0.39, 0.29) is 11.7 Å². The predicted molar refractivity (Wildman–Crippen MR) is 79.7 cm³/mol. The molecule has 0 aliphatic heterocycles. The molecule has 0 fully saturated rings. The van der Waals surface area contributed by atoms with Crippen LogP contribution in [0.5, 0.6) is 5.75 Å². The zero-order valence-electron chi connectivity index (χ0n) is 12.9. The first-order chi connectivity index (χ1) is 8.68. The van der Waals surface area contributed by atoms with Gasteiger partial charge in [0.25, 0.3) is 0 Å². The van der Waals surface area contributed by atoms with Gasteiger partial charge in [-0.1, -0.05) is 53.7 Å². The van der Waals surface area contributed by atoms with E-state index in [1.54, 1.807) is 24.3 Å². The summed E-state index contributed by atoms with van der Waals surface area (Å²) in [7, 11) is 0. The summed E-state index contributed by atoms with van der Waals surface area (Å²) in [6.45, 7) is 14.0. The molecule has 3 nitrogen and oxygen atoms in total. The number of hydrogen-bond acceptors (Lipinski definition) is 2. The topological polar surface area (TPSA) is 49.3 Å². The molecule has 0 saturated heterocycles. The fourth-order valence-corrected chi connectivity index (χ4v) is 0.840. The summed E-state index contributed by atoms with van der Waals surface area (Å²) in [4.78, 5) is 10.5. The Bertz CT molecular complexity index is 268. The molecule has 3 heteroatoms. The van der Waals surface area contributed by atoms with Crippen LogP contribution in [-0.4, -0.2) is 11.0 Å². The molecule has 1 rings (SSSR count). The highest BCUT2D eigenvalue weighted by atomic mass is 16.3. The molecule has 1 aromatic carbocycles. The lowest BCUT2D eigenvalue weighted by Crippen LogP contribution is -2.18. The van der Waals surface area contributed by atoms with Crippen LogP contribution in [0.2, 0.25) is 0 Å². The van der Waals surface area contributed by atoms with Crippen LogP contribution >= 0.6 is 0 Å². The van der Waals surface area contributed by atoms with E-state index in [1.165, 1.54) is 6.92 Å². The fraction of sp³-hybridized carbons (Fsp3) is 0.533. The van der Waals surface area contributed by atoms with Crippen molar-refractivity contribution in [3.8, 4) is 5.75 Å². The van der Waals surface area contributed by atoms with E-state index in [9.17, 15) is 4.79 Å². The minimum atomic E-state index is -0.0527. The van der Waals surface area contributed by atoms with Gasteiger partial charge in [0.05, 0.1) is 0 Å². The van der Waals surface area contributed by atoms with Gasteiger partial charge in [-0.25, -0.2) is 0 Å². The van der Waals surface area contributed by atoms with Crippen LogP contribution in [0, 0.1) is 0 Å². The van der Waals surface area contributed by atoms with Crippen molar-refractivity contribution >= 4 is 5.91 Å². The van der Waals surface area contributed by atoms with Crippen LogP contribution < -0.4 is 5.32 Å². The number of benzene rings is 1. The quantitative estimate of drug-likeness (QED) is 0.835. The Morgan fingerprint density at radius 1 is 1.00 bits per heavy atom. The predicted octanol–water partition coefficient (Wildman–Crippen LogP) is 4.11. The first-order valence-corrected chi connectivity index (χ1v) is 6.71. The maximum atomic E-state index is 10.5. The van der Waals surface area contributed by atoms with Crippen LogP contribution in [0.1, 0.15) is 54.0 Å². The highest BCUT2D eigenvalue weighted by molar-refractivity contribution is 5.72. The number of nitrogens with one attached hydrogen (secondary N) is 1. The number of amides is 1. The van der Waals surface area contributed by atoms with E-state index in [0.29, 0.717) is 6.54 Å². The van der Waals surface area contributed by atoms with E-state index in [2.05, 4.69) is 5.32 Å². The Hall–Kier alpha value is -1.51. The highest BCUT2D eigenvalue weighted by Gasteiger charge is 1.93. The molecular formula is C15H29NO2. The zero-order chi connectivity index (χ0) is 15.0. The molecule has 0 spiro atoms. The smallest absolute Gasteiger partial charge is 0.217 e. The summed E-state index contributed by atoms with van der Waals surface area (Å²) in [5.74, 6) is 0.185. The Morgan fingerprint density at radius 3 is 1.72 bits per heavy atom. The highest BCUT2D eigenvalue weighted by Crippen LogP contribution is 2.08. The van der Waals surface area contributed by atoms with Gasteiger partial charge in [-0.2, -0.15) is 0 Å². The number of phenols is 1. The standard InChI is InChI=1S/C9H11NO2.3C2H6/c1-7(11)10-6-8-2-4-9(12)5-3-8;3*1-2/h2-5,12H,6H2,1H3,(H,10,11);3*1-2H3. The summed E-state index contributed by atoms with van der Waals surface area (Å²) in [6, 6.07) is 6.73. The van der Waals surface area contributed by atoms with Crippen LogP contribution in [0.15, 0.2) is 24.3 Å². The molecule has 0 atom stereocenters. The van der Waals surface area contributed by atoms with Crippen molar-refractivity contribution < 1.29 is 9.90 Å². The first kappa shape index (κ1) is 21.7. The van der Waals surface area contributed by atoms with Crippen molar-refractivity contribution in [2.45, 2.75) is 55.0 Å². The van der Waals surface area contributed by atoms with Gasteiger partial charge in [0.2, 0.25) is 5.91 Å². The Morgan fingerprint density at radius 2 is 1.39 bits per heavy atom. The largest absolute Gasteiger partial charge is 0.508 e. The fourth-order valence-electron chi connectivity index (χ4n) is 0.840. The third kappa shape index (κ3) is 14.5. The SMILES string of the molecule is CC.CC.CC.CC(=O)NCc1ccc(O)cc1. The zero-order valence-corrected chi connectivity index (χ0v) is 12.9. The lowest BCUT2D eigenvalue weighted by molar-refractivity contribution is -0.119. The second-order valence-corrected chi connectivity index (χ2v) is 2.58. The molecule has 18 heavy (non-hydrogen) atoms. The molecule has 0 aromatic heterocycles. The third-order valence-corrected chi connectivity index (χ3v) is 1.48. The van der Waals surface area contributed by atoms with Crippen molar-refractivity contribution in [3.63, 3.8) is 0 Å². The van der Waals surface area contributed by atoms with Crippen LogP contribution in [0.25, 0.3) is 0 Å². The molecule has 0 aliphatic rings. The molecule has 0 heterocycles. The van der Waals surface area contributed by atoms with Gasteiger partial charge in [-0.05, 0) is 17.7 Å². The Labute approximate surface area is 112 Å². The van der Waals surface area contributed by atoms with Crippen LogP contribution in [-0.2, 0) is 11.3 Å². The summed E-state index contributed by atoms with van der Waals surface area (Å²) in [5, 5.41) is 11.6.